The molecule has 5 heteroatoms. The van der Waals surface area contributed by atoms with Gasteiger partial charge >= 0.3 is 0 Å². The SMILES string of the molecule is C[C@H](NCC(=O)Nc1c(Cl)cccc1Cl)C1CCCCC1. The molecule has 0 radical (unpaired) electrons. The number of halogens is 2. The number of carbonyl (C=O) groups excluding carboxylic acids is 1. The molecule has 0 spiro atoms. The first-order valence-corrected chi connectivity index (χ1v) is 8.30. The molecule has 21 heavy (non-hydrogen) atoms. The smallest absolute Gasteiger partial charge is 0.238 e. The van der Waals surface area contributed by atoms with Crippen molar-refractivity contribution in [1.82, 2.24) is 5.32 Å². The van der Waals surface area contributed by atoms with Crippen LogP contribution in [0.15, 0.2) is 18.2 Å². The first kappa shape index (κ1) is 16.6. The Bertz CT molecular complexity index is 467. The van der Waals surface area contributed by atoms with Crippen molar-refractivity contribution in [3.8, 4) is 0 Å². The monoisotopic (exact) mass is 328 g/mol. The predicted octanol–water partition coefficient (Wildman–Crippen LogP) is 4.49. The van der Waals surface area contributed by atoms with Crippen LogP contribution in [0.3, 0.4) is 0 Å². The molecule has 1 aromatic rings. The third-order valence-electron chi connectivity index (χ3n) is 4.17. The van der Waals surface area contributed by atoms with Crippen molar-refractivity contribution in [2.75, 3.05) is 11.9 Å². The lowest BCUT2D eigenvalue weighted by atomic mass is 9.84. The summed E-state index contributed by atoms with van der Waals surface area (Å²) in [6, 6.07) is 5.53. The van der Waals surface area contributed by atoms with Gasteiger partial charge in [0.25, 0.3) is 0 Å². The molecule has 0 heterocycles. The Morgan fingerprint density at radius 1 is 1.24 bits per heavy atom. The summed E-state index contributed by atoms with van der Waals surface area (Å²) in [5.74, 6) is 0.558. The standard InChI is InChI=1S/C16H22Cl2N2O/c1-11(12-6-3-2-4-7-12)19-10-15(21)20-16-13(17)8-5-9-14(16)18/h5,8-9,11-12,19H,2-4,6-7,10H2,1H3,(H,20,21)/t11-/m0/s1. The maximum Gasteiger partial charge on any atom is 0.238 e. The van der Waals surface area contributed by atoms with Crippen LogP contribution in [0.4, 0.5) is 5.69 Å². The van der Waals surface area contributed by atoms with Gasteiger partial charge in [-0.1, -0.05) is 48.5 Å². The third-order valence-corrected chi connectivity index (χ3v) is 4.80. The number of anilines is 1. The van der Waals surface area contributed by atoms with E-state index in [-0.39, 0.29) is 12.5 Å². The van der Waals surface area contributed by atoms with Gasteiger partial charge in [0, 0.05) is 6.04 Å². The predicted molar refractivity (Wildman–Crippen MR) is 89.1 cm³/mol. The lowest BCUT2D eigenvalue weighted by Crippen LogP contribution is -2.39. The first-order valence-electron chi connectivity index (χ1n) is 7.55. The average Bonchev–Trinajstić information content (AvgIpc) is 2.49. The van der Waals surface area contributed by atoms with Gasteiger partial charge in [0.15, 0.2) is 0 Å². The van der Waals surface area contributed by atoms with Crippen LogP contribution in [0.1, 0.15) is 39.0 Å². The molecule has 1 fully saturated rings. The van der Waals surface area contributed by atoms with E-state index >= 15 is 0 Å². The van der Waals surface area contributed by atoms with Crippen molar-refractivity contribution >= 4 is 34.8 Å². The zero-order valence-electron chi connectivity index (χ0n) is 12.3. The molecule has 0 unspecified atom stereocenters. The number of carbonyl (C=O) groups is 1. The average molecular weight is 329 g/mol. The Balaban J connectivity index is 1.82. The normalized spacial score (nSPS) is 17.5. The first-order chi connectivity index (χ1) is 10.1. The highest BCUT2D eigenvalue weighted by Gasteiger charge is 2.20. The van der Waals surface area contributed by atoms with Crippen molar-refractivity contribution < 1.29 is 4.79 Å². The Labute approximate surface area is 136 Å². The highest BCUT2D eigenvalue weighted by atomic mass is 35.5. The topological polar surface area (TPSA) is 41.1 Å². The molecule has 1 atom stereocenters. The van der Waals surface area contributed by atoms with Gasteiger partial charge in [-0.05, 0) is 37.8 Å². The van der Waals surface area contributed by atoms with E-state index in [0.717, 1.165) is 0 Å². The molecule has 0 saturated heterocycles. The van der Waals surface area contributed by atoms with E-state index in [2.05, 4.69) is 17.6 Å². The van der Waals surface area contributed by atoms with E-state index < -0.39 is 0 Å². The largest absolute Gasteiger partial charge is 0.322 e. The third kappa shape index (κ3) is 4.87. The second-order valence-electron chi connectivity index (χ2n) is 5.71. The number of hydrogen-bond acceptors (Lipinski definition) is 2. The summed E-state index contributed by atoms with van der Waals surface area (Å²) in [7, 11) is 0. The van der Waals surface area contributed by atoms with Crippen LogP contribution in [0, 0.1) is 5.92 Å². The summed E-state index contributed by atoms with van der Waals surface area (Å²) in [6.07, 6.45) is 6.46. The highest BCUT2D eigenvalue weighted by Crippen LogP contribution is 2.29. The summed E-state index contributed by atoms with van der Waals surface area (Å²) < 4.78 is 0. The van der Waals surface area contributed by atoms with Crippen LogP contribution in [0.25, 0.3) is 0 Å². The molecule has 1 aromatic carbocycles. The van der Waals surface area contributed by atoms with E-state index in [4.69, 9.17) is 23.2 Å². The fourth-order valence-electron chi connectivity index (χ4n) is 2.86. The Morgan fingerprint density at radius 2 is 1.86 bits per heavy atom. The summed E-state index contributed by atoms with van der Waals surface area (Å²) in [5.41, 5.74) is 0.484. The minimum Gasteiger partial charge on any atom is -0.322 e. The lowest BCUT2D eigenvalue weighted by Gasteiger charge is -2.28. The lowest BCUT2D eigenvalue weighted by molar-refractivity contribution is -0.115. The Hall–Kier alpha value is -0.770. The van der Waals surface area contributed by atoms with Gasteiger partial charge in [0.2, 0.25) is 5.91 Å². The number of nitrogens with one attached hydrogen (secondary N) is 2. The van der Waals surface area contributed by atoms with Crippen molar-refractivity contribution in [1.29, 1.82) is 0 Å². The van der Waals surface area contributed by atoms with E-state index in [9.17, 15) is 4.79 Å². The molecular weight excluding hydrogens is 307 g/mol. The molecule has 1 aliphatic carbocycles. The molecule has 116 valence electrons. The van der Waals surface area contributed by atoms with Crippen LogP contribution >= 0.6 is 23.2 Å². The van der Waals surface area contributed by atoms with Gasteiger partial charge < -0.3 is 10.6 Å². The van der Waals surface area contributed by atoms with Crippen molar-refractivity contribution in [3.05, 3.63) is 28.2 Å². The maximum atomic E-state index is 12.0. The number of benzene rings is 1. The van der Waals surface area contributed by atoms with Crippen LogP contribution in [-0.4, -0.2) is 18.5 Å². The van der Waals surface area contributed by atoms with Gasteiger partial charge in [-0.2, -0.15) is 0 Å². The van der Waals surface area contributed by atoms with Crippen LogP contribution in [0.2, 0.25) is 10.0 Å². The molecule has 1 amide bonds. The molecule has 0 aliphatic heterocycles. The van der Waals surface area contributed by atoms with E-state index in [1.165, 1.54) is 32.1 Å². The molecule has 3 nitrogen and oxygen atoms in total. The fourth-order valence-corrected chi connectivity index (χ4v) is 3.35. The van der Waals surface area contributed by atoms with Crippen LogP contribution in [0.5, 0.6) is 0 Å². The molecule has 2 rings (SSSR count). The van der Waals surface area contributed by atoms with Gasteiger partial charge in [-0.3, -0.25) is 4.79 Å². The second-order valence-corrected chi connectivity index (χ2v) is 6.53. The summed E-state index contributed by atoms with van der Waals surface area (Å²) in [6.45, 7) is 2.44. The van der Waals surface area contributed by atoms with Gasteiger partial charge in [-0.15, -0.1) is 0 Å². The maximum absolute atomic E-state index is 12.0. The minimum atomic E-state index is -0.118. The summed E-state index contributed by atoms with van der Waals surface area (Å²) in [4.78, 5) is 12.0. The Kier molecular flexibility index (Phi) is 6.34. The number of rotatable bonds is 5. The van der Waals surface area contributed by atoms with E-state index in [1.807, 2.05) is 0 Å². The van der Waals surface area contributed by atoms with Crippen LogP contribution < -0.4 is 10.6 Å². The molecule has 2 N–H and O–H groups in total. The number of hydrogen-bond donors (Lipinski definition) is 2. The quantitative estimate of drug-likeness (QED) is 0.836. The molecule has 1 aliphatic rings. The van der Waals surface area contributed by atoms with Crippen LogP contribution in [-0.2, 0) is 4.79 Å². The van der Waals surface area contributed by atoms with Gasteiger partial charge in [0.05, 0.1) is 22.3 Å². The molecule has 0 bridgehead atoms. The van der Waals surface area contributed by atoms with Crippen molar-refractivity contribution in [3.63, 3.8) is 0 Å². The molecular formula is C16H22Cl2N2O. The van der Waals surface area contributed by atoms with Crippen molar-refractivity contribution in [2.24, 2.45) is 5.92 Å². The Morgan fingerprint density at radius 3 is 2.48 bits per heavy atom. The highest BCUT2D eigenvalue weighted by molar-refractivity contribution is 6.39. The second kappa shape index (κ2) is 8.02. The van der Waals surface area contributed by atoms with Gasteiger partial charge in [0.1, 0.15) is 0 Å². The summed E-state index contributed by atoms with van der Waals surface area (Å²) >= 11 is 12.1. The fraction of sp³-hybridized carbons (Fsp3) is 0.562. The van der Waals surface area contributed by atoms with E-state index in [0.29, 0.717) is 27.7 Å². The number of para-hydroxylation sites is 1. The molecule has 0 aromatic heterocycles. The van der Waals surface area contributed by atoms with Gasteiger partial charge in [-0.25, -0.2) is 0 Å². The molecule has 1 saturated carbocycles. The van der Waals surface area contributed by atoms with E-state index in [1.54, 1.807) is 18.2 Å². The summed E-state index contributed by atoms with van der Waals surface area (Å²) in [5, 5.41) is 6.99. The van der Waals surface area contributed by atoms with Crippen molar-refractivity contribution in [2.45, 2.75) is 45.1 Å². The number of amides is 1. The minimum absolute atomic E-state index is 0.118. The zero-order chi connectivity index (χ0) is 15.2. The zero-order valence-corrected chi connectivity index (χ0v) is 13.8.